The molecule has 0 saturated carbocycles. The van der Waals surface area contributed by atoms with Gasteiger partial charge in [-0.2, -0.15) is 0 Å². The summed E-state index contributed by atoms with van der Waals surface area (Å²) in [4.78, 5) is 6.40. The summed E-state index contributed by atoms with van der Waals surface area (Å²) in [5.41, 5.74) is 0. The van der Waals surface area contributed by atoms with Gasteiger partial charge in [0.2, 0.25) is 0 Å². The number of hydrogen-bond donors (Lipinski definition) is 2. The number of furan rings is 1. The van der Waals surface area contributed by atoms with Crippen molar-refractivity contribution in [1.82, 2.24) is 15.5 Å². The highest BCUT2D eigenvalue weighted by molar-refractivity contribution is 14.0. The zero-order valence-corrected chi connectivity index (χ0v) is 15.4. The molecule has 0 aliphatic heterocycles. The lowest BCUT2D eigenvalue weighted by atomic mass is 10.3. The molecule has 1 aromatic heterocycles. The molecule has 0 aliphatic rings. The van der Waals surface area contributed by atoms with Gasteiger partial charge in [0.1, 0.15) is 5.76 Å². The van der Waals surface area contributed by atoms with Crippen LogP contribution in [0.2, 0.25) is 0 Å². The standard InChI is InChI=1S/C14H26N4O2.HI/c1-15-14(16-7-6-13-5-4-11-20-13)17-8-9-18(2)10-12-19-3;/h4-5,11H,6-10,12H2,1-3H3,(H2,15,16,17);1H. The lowest BCUT2D eigenvalue weighted by Crippen LogP contribution is -2.42. The van der Waals surface area contributed by atoms with Crippen molar-refractivity contribution < 1.29 is 9.15 Å². The third kappa shape index (κ3) is 9.70. The molecule has 0 bridgehead atoms. The monoisotopic (exact) mass is 410 g/mol. The molecule has 0 amide bonds. The molecule has 122 valence electrons. The minimum atomic E-state index is 0. The van der Waals surface area contributed by atoms with Crippen molar-refractivity contribution in [2.75, 3.05) is 54.0 Å². The number of aliphatic imine (C=N–C) groups is 1. The highest BCUT2D eigenvalue weighted by Gasteiger charge is 2.01. The summed E-state index contributed by atoms with van der Waals surface area (Å²) < 4.78 is 10.3. The summed E-state index contributed by atoms with van der Waals surface area (Å²) in [7, 11) is 5.57. The zero-order chi connectivity index (χ0) is 14.6. The van der Waals surface area contributed by atoms with E-state index in [0.717, 1.165) is 50.9 Å². The Morgan fingerprint density at radius 1 is 1.33 bits per heavy atom. The number of halogens is 1. The second-order valence-electron chi connectivity index (χ2n) is 4.55. The minimum Gasteiger partial charge on any atom is -0.469 e. The fourth-order valence-electron chi connectivity index (χ4n) is 1.70. The maximum Gasteiger partial charge on any atom is 0.191 e. The van der Waals surface area contributed by atoms with E-state index < -0.39 is 0 Å². The number of methoxy groups -OCH3 is 1. The molecule has 0 aromatic carbocycles. The summed E-state index contributed by atoms with van der Waals surface area (Å²) in [6.07, 6.45) is 2.54. The van der Waals surface area contributed by atoms with Crippen LogP contribution in [0.1, 0.15) is 5.76 Å². The Morgan fingerprint density at radius 2 is 2.10 bits per heavy atom. The van der Waals surface area contributed by atoms with Crippen LogP contribution in [0.4, 0.5) is 0 Å². The van der Waals surface area contributed by atoms with E-state index in [4.69, 9.17) is 9.15 Å². The Bertz CT molecular complexity index is 371. The van der Waals surface area contributed by atoms with Gasteiger partial charge < -0.3 is 24.7 Å². The maximum atomic E-state index is 5.28. The topological polar surface area (TPSA) is 62.0 Å². The highest BCUT2D eigenvalue weighted by atomic mass is 127. The number of guanidine groups is 1. The van der Waals surface area contributed by atoms with E-state index in [1.54, 1.807) is 20.4 Å². The van der Waals surface area contributed by atoms with Crippen LogP contribution in [0.5, 0.6) is 0 Å². The number of nitrogens with one attached hydrogen (secondary N) is 2. The van der Waals surface area contributed by atoms with E-state index >= 15 is 0 Å². The first-order chi connectivity index (χ1) is 9.76. The van der Waals surface area contributed by atoms with E-state index in [1.165, 1.54) is 0 Å². The van der Waals surface area contributed by atoms with Gasteiger partial charge >= 0.3 is 0 Å². The number of rotatable bonds is 9. The first-order valence-corrected chi connectivity index (χ1v) is 6.90. The molecule has 0 fully saturated rings. The van der Waals surface area contributed by atoms with E-state index in [-0.39, 0.29) is 24.0 Å². The van der Waals surface area contributed by atoms with E-state index in [1.807, 2.05) is 12.1 Å². The van der Waals surface area contributed by atoms with Crippen LogP contribution in [0.25, 0.3) is 0 Å². The first kappa shape index (κ1) is 20.2. The molecule has 0 atom stereocenters. The van der Waals surface area contributed by atoms with Crippen LogP contribution in [0.15, 0.2) is 27.8 Å². The number of ether oxygens (including phenoxy) is 1. The van der Waals surface area contributed by atoms with Crippen LogP contribution < -0.4 is 10.6 Å². The van der Waals surface area contributed by atoms with Crippen LogP contribution in [0, 0.1) is 0 Å². The van der Waals surface area contributed by atoms with Crippen LogP contribution in [0.3, 0.4) is 0 Å². The van der Waals surface area contributed by atoms with E-state index in [0.29, 0.717) is 0 Å². The molecule has 0 spiro atoms. The largest absolute Gasteiger partial charge is 0.469 e. The molecule has 0 aliphatic carbocycles. The average molecular weight is 410 g/mol. The van der Waals surface area contributed by atoms with Gasteiger partial charge in [0, 0.05) is 46.8 Å². The van der Waals surface area contributed by atoms with E-state index in [9.17, 15) is 0 Å². The number of hydrogen-bond acceptors (Lipinski definition) is 4. The molecular formula is C14H27IN4O2. The van der Waals surface area contributed by atoms with Gasteiger partial charge in [-0.25, -0.2) is 0 Å². The predicted octanol–water partition coefficient (Wildman–Crippen LogP) is 1.18. The van der Waals surface area contributed by atoms with Crippen molar-refractivity contribution in [1.29, 1.82) is 0 Å². The Balaban J connectivity index is 0.00000400. The summed E-state index contributed by atoms with van der Waals surface area (Å²) >= 11 is 0. The maximum absolute atomic E-state index is 5.28. The van der Waals surface area contributed by atoms with Crippen molar-refractivity contribution in [2.24, 2.45) is 4.99 Å². The van der Waals surface area contributed by atoms with Crippen LogP contribution in [-0.2, 0) is 11.2 Å². The molecule has 2 N–H and O–H groups in total. The summed E-state index contributed by atoms with van der Waals surface area (Å²) in [6.45, 7) is 4.28. The van der Waals surface area contributed by atoms with Gasteiger partial charge in [-0.15, -0.1) is 24.0 Å². The van der Waals surface area contributed by atoms with Crippen molar-refractivity contribution >= 4 is 29.9 Å². The quantitative estimate of drug-likeness (QED) is 0.364. The summed E-state index contributed by atoms with van der Waals surface area (Å²) in [6, 6.07) is 3.88. The van der Waals surface area contributed by atoms with Crippen molar-refractivity contribution in [3.63, 3.8) is 0 Å². The Kier molecular flexibility index (Phi) is 12.4. The third-order valence-corrected chi connectivity index (χ3v) is 2.93. The fraction of sp³-hybridized carbons (Fsp3) is 0.643. The van der Waals surface area contributed by atoms with Crippen molar-refractivity contribution in [2.45, 2.75) is 6.42 Å². The van der Waals surface area contributed by atoms with Gasteiger partial charge in [0.25, 0.3) is 0 Å². The Labute approximate surface area is 144 Å². The molecular weight excluding hydrogens is 383 g/mol. The fourth-order valence-corrected chi connectivity index (χ4v) is 1.70. The Hall–Kier alpha value is -0.800. The number of nitrogens with zero attached hydrogens (tertiary/aromatic N) is 2. The predicted molar refractivity (Wildman–Crippen MR) is 96.6 cm³/mol. The normalized spacial score (nSPS) is 11.3. The van der Waals surface area contributed by atoms with E-state index in [2.05, 4.69) is 27.6 Å². The second-order valence-corrected chi connectivity index (χ2v) is 4.55. The average Bonchev–Trinajstić information content (AvgIpc) is 2.96. The summed E-state index contributed by atoms with van der Waals surface area (Å²) in [5.74, 6) is 1.80. The first-order valence-electron chi connectivity index (χ1n) is 6.90. The third-order valence-electron chi connectivity index (χ3n) is 2.93. The van der Waals surface area contributed by atoms with Gasteiger partial charge in [0.05, 0.1) is 12.9 Å². The SMILES string of the molecule is CN=C(NCCc1ccco1)NCCN(C)CCOC.I. The molecule has 7 heteroatoms. The number of likely N-dealkylation sites (N-methyl/N-ethyl adjacent to an activating group) is 1. The lowest BCUT2D eigenvalue weighted by Gasteiger charge is -2.17. The molecule has 21 heavy (non-hydrogen) atoms. The smallest absolute Gasteiger partial charge is 0.191 e. The van der Waals surface area contributed by atoms with Crippen LogP contribution in [-0.4, -0.2) is 64.9 Å². The minimum absolute atomic E-state index is 0. The molecule has 0 radical (unpaired) electrons. The van der Waals surface area contributed by atoms with Crippen LogP contribution >= 0.6 is 24.0 Å². The van der Waals surface area contributed by atoms with Gasteiger partial charge in [-0.3, -0.25) is 4.99 Å². The Morgan fingerprint density at radius 3 is 2.71 bits per heavy atom. The van der Waals surface area contributed by atoms with Crippen molar-refractivity contribution in [3.8, 4) is 0 Å². The molecule has 1 aromatic rings. The second kappa shape index (κ2) is 12.9. The highest BCUT2D eigenvalue weighted by Crippen LogP contribution is 1.99. The molecule has 0 unspecified atom stereocenters. The molecule has 1 rings (SSSR count). The molecule has 0 saturated heterocycles. The lowest BCUT2D eigenvalue weighted by molar-refractivity contribution is 0.162. The van der Waals surface area contributed by atoms with Gasteiger partial charge in [-0.1, -0.05) is 0 Å². The molecule has 1 heterocycles. The molecule has 6 nitrogen and oxygen atoms in total. The zero-order valence-electron chi connectivity index (χ0n) is 13.1. The van der Waals surface area contributed by atoms with Crippen molar-refractivity contribution in [3.05, 3.63) is 24.2 Å². The summed E-state index contributed by atoms with van der Waals surface area (Å²) in [5, 5.41) is 6.54. The van der Waals surface area contributed by atoms with Gasteiger partial charge in [-0.05, 0) is 19.2 Å². The van der Waals surface area contributed by atoms with Gasteiger partial charge in [0.15, 0.2) is 5.96 Å².